The second-order valence-electron chi connectivity index (χ2n) is 9.59. The molecule has 1 fully saturated rings. The first-order chi connectivity index (χ1) is 17.4. The van der Waals surface area contributed by atoms with Gasteiger partial charge in [0.1, 0.15) is 5.78 Å². The molecule has 3 aromatic rings. The van der Waals surface area contributed by atoms with Crippen LogP contribution < -0.4 is 5.32 Å². The lowest BCUT2D eigenvalue weighted by Gasteiger charge is -2.30. The molecule has 1 aliphatic rings. The number of rotatable bonds is 11. The van der Waals surface area contributed by atoms with Gasteiger partial charge in [-0.15, -0.1) is 11.8 Å². The summed E-state index contributed by atoms with van der Waals surface area (Å²) >= 11 is 1.83. The summed E-state index contributed by atoms with van der Waals surface area (Å²) in [4.78, 5) is 22.4. The Bertz CT molecular complexity index is 1080. The number of nitrogens with one attached hydrogen (secondary N) is 1. The number of ether oxygens (including phenoxy) is 1. The van der Waals surface area contributed by atoms with E-state index in [0.717, 1.165) is 47.4 Å². The number of hydrogen-bond donors (Lipinski definition) is 1. The zero-order chi connectivity index (χ0) is 25.4. The third-order valence-corrected chi connectivity index (χ3v) is 8.02. The van der Waals surface area contributed by atoms with Crippen LogP contribution in [0.15, 0.2) is 78.9 Å². The lowest BCUT2D eigenvalue weighted by molar-refractivity contribution is -0.116. The lowest BCUT2D eigenvalue weighted by atomic mass is 9.97. The van der Waals surface area contributed by atoms with Gasteiger partial charge in [0.2, 0.25) is 5.91 Å². The predicted octanol–water partition coefficient (Wildman–Crippen LogP) is 6.91. The number of aryl methyl sites for hydroxylation is 1. The standard InChI is InChI=1S/C31H35NO3S/c1-23(33)21-26-13-15-27(16-14-26)31(28-17-19-29(20-18-28)32-24(2)34)35-30(22-36-31)12-8-4-7-11-25-9-5-3-6-10-25/h3,5-6,9-10,13-20,30H,4,7-8,11-12,21-22H2,1-2H3,(H,32,34). The van der Waals surface area contributed by atoms with Crippen LogP contribution in [0.1, 0.15) is 61.8 Å². The van der Waals surface area contributed by atoms with Crippen molar-refractivity contribution >= 4 is 29.1 Å². The molecule has 2 unspecified atom stereocenters. The number of carbonyl (C=O) groups is 2. The normalized spacial score (nSPS) is 19.2. The quantitative estimate of drug-likeness (QED) is 0.290. The first-order valence-corrected chi connectivity index (χ1v) is 13.8. The van der Waals surface area contributed by atoms with Crippen molar-refractivity contribution in [3.8, 4) is 0 Å². The van der Waals surface area contributed by atoms with Gasteiger partial charge in [0.15, 0.2) is 4.93 Å². The molecule has 1 heterocycles. The molecule has 1 amide bonds. The number of hydrogen-bond acceptors (Lipinski definition) is 4. The molecule has 0 aliphatic carbocycles. The van der Waals surface area contributed by atoms with Crippen LogP contribution in [0.3, 0.4) is 0 Å². The zero-order valence-electron chi connectivity index (χ0n) is 21.2. The molecule has 1 N–H and O–H groups in total. The molecular formula is C31H35NO3S. The van der Waals surface area contributed by atoms with Crippen LogP contribution in [0.2, 0.25) is 0 Å². The highest BCUT2D eigenvalue weighted by molar-refractivity contribution is 8.00. The van der Waals surface area contributed by atoms with Gasteiger partial charge in [-0.05, 0) is 60.6 Å². The maximum Gasteiger partial charge on any atom is 0.221 e. The molecule has 0 aromatic heterocycles. The fourth-order valence-corrected chi connectivity index (χ4v) is 6.22. The molecule has 5 heteroatoms. The van der Waals surface area contributed by atoms with Crippen molar-refractivity contribution in [1.82, 2.24) is 0 Å². The van der Waals surface area contributed by atoms with E-state index in [9.17, 15) is 9.59 Å². The molecule has 4 nitrogen and oxygen atoms in total. The minimum Gasteiger partial charge on any atom is -0.352 e. The van der Waals surface area contributed by atoms with E-state index in [2.05, 4.69) is 47.8 Å². The Morgan fingerprint density at radius 3 is 2.17 bits per heavy atom. The van der Waals surface area contributed by atoms with Gasteiger partial charge in [-0.25, -0.2) is 0 Å². The molecule has 0 spiro atoms. The number of amides is 1. The number of Topliss-reactive ketones (excluding diaryl/α,β-unsaturated/α-hetero) is 1. The maximum absolute atomic E-state index is 11.6. The molecule has 0 radical (unpaired) electrons. The lowest BCUT2D eigenvalue weighted by Crippen LogP contribution is -2.26. The molecule has 0 bridgehead atoms. The van der Waals surface area contributed by atoms with Crippen LogP contribution in [0.25, 0.3) is 0 Å². The molecular weight excluding hydrogens is 466 g/mol. The third-order valence-electron chi connectivity index (χ3n) is 6.51. The predicted molar refractivity (Wildman–Crippen MR) is 148 cm³/mol. The topological polar surface area (TPSA) is 55.4 Å². The van der Waals surface area contributed by atoms with Crippen molar-refractivity contribution in [2.75, 3.05) is 11.1 Å². The van der Waals surface area contributed by atoms with E-state index in [1.165, 1.54) is 25.3 Å². The van der Waals surface area contributed by atoms with Crippen molar-refractivity contribution in [3.05, 3.63) is 101 Å². The first kappa shape index (κ1) is 26.2. The first-order valence-electron chi connectivity index (χ1n) is 12.8. The van der Waals surface area contributed by atoms with E-state index in [1.807, 2.05) is 48.2 Å². The van der Waals surface area contributed by atoms with Crippen LogP contribution in [-0.2, 0) is 32.1 Å². The summed E-state index contributed by atoms with van der Waals surface area (Å²) in [6.07, 6.45) is 6.31. The summed E-state index contributed by atoms with van der Waals surface area (Å²) in [6, 6.07) is 26.9. The Hall–Kier alpha value is -2.89. The number of anilines is 1. The molecule has 188 valence electrons. The Kier molecular flexibility index (Phi) is 9.00. The van der Waals surface area contributed by atoms with Gasteiger partial charge in [-0.2, -0.15) is 0 Å². The SMILES string of the molecule is CC(=O)Cc1ccc(C2(c3ccc(NC(C)=O)cc3)OC(CCCCCc3ccccc3)CS2)cc1. The largest absolute Gasteiger partial charge is 0.352 e. The minimum absolute atomic E-state index is 0.0858. The van der Waals surface area contributed by atoms with Crippen LogP contribution in [0.5, 0.6) is 0 Å². The number of thioether (sulfide) groups is 1. The molecule has 4 rings (SSSR count). The Labute approximate surface area is 218 Å². The van der Waals surface area contributed by atoms with E-state index >= 15 is 0 Å². The molecule has 36 heavy (non-hydrogen) atoms. The van der Waals surface area contributed by atoms with Gasteiger partial charge in [-0.3, -0.25) is 9.59 Å². The summed E-state index contributed by atoms with van der Waals surface area (Å²) in [5.41, 5.74) is 5.34. The monoisotopic (exact) mass is 501 g/mol. The van der Waals surface area contributed by atoms with Gasteiger partial charge >= 0.3 is 0 Å². The summed E-state index contributed by atoms with van der Waals surface area (Å²) in [5.74, 6) is 1.00. The Morgan fingerprint density at radius 2 is 1.53 bits per heavy atom. The molecule has 2 atom stereocenters. The van der Waals surface area contributed by atoms with Gasteiger partial charge in [0, 0.05) is 24.8 Å². The van der Waals surface area contributed by atoms with E-state index in [4.69, 9.17) is 4.74 Å². The summed E-state index contributed by atoms with van der Waals surface area (Å²) < 4.78 is 6.84. The number of ketones is 1. The molecule has 1 saturated heterocycles. The number of carbonyl (C=O) groups excluding carboxylic acids is 2. The number of benzene rings is 3. The average Bonchev–Trinajstić information content (AvgIpc) is 3.30. The van der Waals surface area contributed by atoms with Crippen molar-refractivity contribution in [2.24, 2.45) is 0 Å². The summed E-state index contributed by atoms with van der Waals surface area (Å²) in [5, 5.41) is 2.84. The smallest absolute Gasteiger partial charge is 0.221 e. The maximum atomic E-state index is 11.6. The summed E-state index contributed by atoms with van der Waals surface area (Å²) in [6.45, 7) is 3.13. The second-order valence-corrected chi connectivity index (χ2v) is 10.8. The van der Waals surface area contributed by atoms with Crippen LogP contribution >= 0.6 is 11.8 Å². The highest BCUT2D eigenvalue weighted by Crippen LogP contribution is 2.51. The fraction of sp³-hybridized carbons (Fsp3) is 0.355. The minimum atomic E-state index is -0.599. The third kappa shape index (κ3) is 6.86. The van der Waals surface area contributed by atoms with E-state index in [0.29, 0.717) is 6.42 Å². The van der Waals surface area contributed by atoms with E-state index in [1.54, 1.807) is 6.92 Å². The number of unbranched alkanes of at least 4 members (excludes halogenated alkanes) is 2. The van der Waals surface area contributed by atoms with Crippen LogP contribution in [0, 0.1) is 0 Å². The highest BCUT2D eigenvalue weighted by Gasteiger charge is 2.44. The molecule has 1 aliphatic heterocycles. The van der Waals surface area contributed by atoms with E-state index in [-0.39, 0.29) is 17.8 Å². The average molecular weight is 502 g/mol. The molecule has 3 aromatic carbocycles. The van der Waals surface area contributed by atoms with Gasteiger partial charge in [-0.1, -0.05) is 79.6 Å². The van der Waals surface area contributed by atoms with Crippen LogP contribution in [0.4, 0.5) is 5.69 Å². The van der Waals surface area contributed by atoms with Crippen molar-refractivity contribution in [3.63, 3.8) is 0 Å². The molecule has 0 saturated carbocycles. The Balaban J connectivity index is 1.45. The van der Waals surface area contributed by atoms with Crippen molar-refractivity contribution in [1.29, 1.82) is 0 Å². The van der Waals surface area contributed by atoms with Crippen LogP contribution in [-0.4, -0.2) is 23.5 Å². The highest BCUT2D eigenvalue weighted by atomic mass is 32.2. The zero-order valence-corrected chi connectivity index (χ0v) is 22.0. The summed E-state index contributed by atoms with van der Waals surface area (Å²) in [7, 11) is 0. The fourth-order valence-electron chi connectivity index (χ4n) is 4.75. The Morgan fingerprint density at radius 1 is 0.861 bits per heavy atom. The van der Waals surface area contributed by atoms with Gasteiger partial charge in [0.25, 0.3) is 0 Å². The van der Waals surface area contributed by atoms with Gasteiger partial charge < -0.3 is 10.1 Å². The van der Waals surface area contributed by atoms with Gasteiger partial charge in [0.05, 0.1) is 6.10 Å². The van der Waals surface area contributed by atoms with Crippen molar-refractivity contribution < 1.29 is 14.3 Å². The second kappa shape index (κ2) is 12.4. The van der Waals surface area contributed by atoms with E-state index < -0.39 is 4.93 Å². The van der Waals surface area contributed by atoms with Crippen molar-refractivity contribution in [2.45, 2.75) is 63.4 Å².